The molecule has 1 aromatic heterocycles. The molecular weight excluding hydrogens is 432 g/mol. The summed E-state index contributed by atoms with van der Waals surface area (Å²) in [7, 11) is 0. The number of halogens is 3. The first-order valence-corrected chi connectivity index (χ1v) is 10.0. The Kier molecular flexibility index (Phi) is 6.11. The Morgan fingerprint density at radius 1 is 1.10 bits per heavy atom. The van der Waals surface area contributed by atoms with Crippen LogP contribution in [0.3, 0.4) is 0 Å². The highest BCUT2D eigenvalue weighted by Gasteiger charge is 2.29. The number of carbonyl (C=O) groups is 2. The zero-order valence-electron chi connectivity index (χ0n) is 16.8. The molecule has 0 amide bonds. The Labute approximate surface area is 183 Å². The monoisotopic (exact) mass is 451 g/mol. The van der Waals surface area contributed by atoms with E-state index in [9.17, 15) is 19.1 Å². The number of hydrogen-bond acceptors (Lipinski definition) is 4. The van der Waals surface area contributed by atoms with Crippen molar-refractivity contribution in [3.05, 3.63) is 63.0 Å². The lowest BCUT2D eigenvalue weighted by Gasteiger charge is -2.15. The Balaban J connectivity index is 2.25. The number of esters is 1. The summed E-state index contributed by atoms with van der Waals surface area (Å²) < 4.78 is 20.8. The molecule has 158 valence electrons. The molecule has 0 aliphatic rings. The molecule has 2 aromatic carbocycles. The molecule has 0 fully saturated rings. The molecule has 1 heterocycles. The molecule has 0 spiro atoms. The smallest absolute Gasteiger partial charge is 0.313 e. The quantitative estimate of drug-likeness (QED) is 0.505. The summed E-state index contributed by atoms with van der Waals surface area (Å²) in [6.45, 7) is 6.76. The zero-order chi connectivity index (χ0) is 22.3. The number of aromatic nitrogens is 1. The van der Waals surface area contributed by atoms with Crippen molar-refractivity contribution in [3.63, 3.8) is 0 Å². The Morgan fingerprint density at radius 3 is 2.37 bits per heavy atom. The van der Waals surface area contributed by atoms with Crippen molar-refractivity contribution in [1.82, 2.24) is 4.57 Å². The topological polar surface area (TPSA) is 68.5 Å². The Hall–Kier alpha value is -2.57. The minimum atomic E-state index is -0.882. The molecule has 8 heteroatoms. The van der Waals surface area contributed by atoms with Gasteiger partial charge in [0.1, 0.15) is 0 Å². The van der Waals surface area contributed by atoms with E-state index in [0.717, 1.165) is 6.07 Å². The average Bonchev–Trinajstić information content (AvgIpc) is 2.93. The molecule has 0 unspecified atom stereocenters. The molecule has 1 atom stereocenters. The molecule has 0 aliphatic carbocycles. The Bertz CT molecular complexity index is 1170. The lowest BCUT2D eigenvalue weighted by molar-refractivity contribution is -0.148. The van der Waals surface area contributed by atoms with Crippen LogP contribution in [0.5, 0.6) is 5.75 Å². The van der Waals surface area contributed by atoms with Gasteiger partial charge < -0.3 is 9.84 Å². The maximum Gasteiger partial charge on any atom is 0.313 e. The predicted molar refractivity (Wildman–Crippen MR) is 114 cm³/mol. The third kappa shape index (κ3) is 3.89. The normalized spacial score (nSPS) is 12.4. The fraction of sp³-hybridized carbons (Fsp3) is 0.273. The summed E-state index contributed by atoms with van der Waals surface area (Å²) in [5.41, 5.74) is 1.36. The van der Waals surface area contributed by atoms with Gasteiger partial charge in [0.2, 0.25) is 0 Å². The molecule has 3 aromatic rings. The van der Waals surface area contributed by atoms with E-state index in [1.165, 1.54) is 28.8 Å². The van der Waals surface area contributed by atoms with Crippen molar-refractivity contribution < 1.29 is 23.8 Å². The van der Waals surface area contributed by atoms with Gasteiger partial charge >= 0.3 is 5.97 Å². The standard InChI is InChI=1S/C22H20Cl2FNO4/c1-10(2)30-22(29)11(3)20-12(4)26(18-9-17(25)19(27)8-14(18)20)21(28)13-5-6-15(23)16(24)7-13/h5-11,27H,1-4H3/t11-/m1/s1. The molecular formula is C22H20Cl2FNO4. The second-order valence-electron chi connectivity index (χ2n) is 7.30. The average molecular weight is 452 g/mol. The van der Waals surface area contributed by atoms with Crippen LogP contribution in [-0.2, 0) is 9.53 Å². The van der Waals surface area contributed by atoms with E-state index in [1.54, 1.807) is 27.7 Å². The van der Waals surface area contributed by atoms with E-state index in [2.05, 4.69) is 0 Å². The third-order valence-corrected chi connectivity index (χ3v) is 5.57. The zero-order valence-corrected chi connectivity index (χ0v) is 18.3. The van der Waals surface area contributed by atoms with Crippen molar-refractivity contribution in [2.75, 3.05) is 0 Å². The number of ether oxygens (including phenoxy) is 1. The van der Waals surface area contributed by atoms with Crippen LogP contribution in [0, 0.1) is 12.7 Å². The van der Waals surface area contributed by atoms with E-state index in [0.29, 0.717) is 21.7 Å². The maximum absolute atomic E-state index is 14.2. The van der Waals surface area contributed by atoms with Gasteiger partial charge in [-0.15, -0.1) is 0 Å². The van der Waals surface area contributed by atoms with Gasteiger partial charge in [-0.1, -0.05) is 23.2 Å². The largest absolute Gasteiger partial charge is 0.505 e. The van der Waals surface area contributed by atoms with Crippen molar-refractivity contribution in [1.29, 1.82) is 0 Å². The summed E-state index contributed by atoms with van der Waals surface area (Å²) in [6, 6.07) is 6.70. The van der Waals surface area contributed by atoms with Crippen LogP contribution in [0.25, 0.3) is 10.9 Å². The van der Waals surface area contributed by atoms with Gasteiger partial charge in [0.05, 0.1) is 27.6 Å². The number of hydrogen-bond donors (Lipinski definition) is 1. The van der Waals surface area contributed by atoms with Gasteiger partial charge in [-0.2, -0.15) is 0 Å². The lowest BCUT2D eigenvalue weighted by Crippen LogP contribution is -2.19. The summed E-state index contributed by atoms with van der Waals surface area (Å²) in [6.07, 6.45) is -0.322. The van der Waals surface area contributed by atoms with E-state index < -0.39 is 29.4 Å². The minimum absolute atomic E-state index is 0.203. The van der Waals surface area contributed by atoms with Crippen molar-refractivity contribution in [2.24, 2.45) is 0 Å². The highest BCUT2D eigenvalue weighted by atomic mass is 35.5. The number of phenols is 1. The number of carbonyl (C=O) groups excluding carboxylic acids is 2. The number of nitrogens with zero attached hydrogens (tertiary/aromatic N) is 1. The van der Waals surface area contributed by atoms with Gasteiger partial charge in [-0.3, -0.25) is 14.2 Å². The van der Waals surface area contributed by atoms with E-state index >= 15 is 0 Å². The minimum Gasteiger partial charge on any atom is -0.505 e. The van der Waals surface area contributed by atoms with E-state index in [1.807, 2.05) is 0 Å². The Morgan fingerprint density at radius 2 is 1.77 bits per heavy atom. The number of benzene rings is 2. The first-order valence-electron chi connectivity index (χ1n) is 9.26. The summed E-state index contributed by atoms with van der Waals surface area (Å²) in [5.74, 6) is -3.17. The van der Waals surface area contributed by atoms with Gasteiger partial charge in [0.25, 0.3) is 5.91 Å². The predicted octanol–water partition coefficient (Wildman–Crippen LogP) is 5.84. The molecule has 5 nitrogen and oxygen atoms in total. The van der Waals surface area contributed by atoms with Crippen molar-refractivity contribution in [3.8, 4) is 5.75 Å². The van der Waals surface area contributed by atoms with Crippen LogP contribution < -0.4 is 0 Å². The molecule has 0 saturated carbocycles. The third-order valence-electron chi connectivity index (χ3n) is 4.83. The first-order chi connectivity index (χ1) is 14.0. The number of aromatic hydroxyl groups is 1. The second-order valence-corrected chi connectivity index (χ2v) is 8.11. The van der Waals surface area contributed by atoms with E-state index in [4.69, 9.17) is 27.9 Å². The highest BCUT2D eigenvalue weighted by Crippen LogP contribution is 2.36. The number of phenolic OH excluding ortho intramolecular Hbond substituents is 1. The molecule has 30 heavy (non-hydrogen) atoms. The molecule has 0 aliphatic heterocycles. The summed E-state index contributed by atoms with van der Waals surface area (Å²) in [5, 5.41) is 10.8. The highest BCUT2D eigenvalue weighted by molar-refractivity contribution is 6.42. The first kappa shape index (κ1) is 22.1. The molecule has 0 bridgehead atoms. The van der Waals surface area contributed by atoms with Crippen LogP contribution in [0.2, 0.25) is 10.0 Å². The van der Waals surface area contributed by atoms with Gasteiger partial charge in [0, 0.05) is 22.7 Å². The molecule has 0 radical (unpaired) electrons. The molecule has 3 rings (SSSR count). The second kappa shape index (κ2) is 8.28. The van der Waals surface area contributed by atoms with Crippen LogP contribution >= 0.6 is 23.2 Å². The molecule has 0 saturated heterocycles. The van der Waals surface area contributed by atoms with Crippen LogP contribution in [0.1, 0.15) is 48.3 Å². The number of rotatable bonds is 4. The molecule has 1 N–H and O–H groups in total. The van der Waals surface area contributed by atoms with Crippen LogP contribution in [-0.4, -0.2) is 27.7 Å². The van der Waals surface area contributed by atoms with Crippen LogP contribution in [0.4, 0.5) is 4.39 Å². The summed E-state index contributed by atoms with van der Waals surface area (Å²) in [4.78, 5) is 25.8. The fourth-order valence-electron chi connectivity index (χ4n) is 3.47. The fourth-order valence-corrected chi connectivity index (χ4v) is 3.76. The van der Waals surface area contributed by atoms with Crippen molar-refractivity contribution >= 4 is 46.0 Å². The van der Waals surface area contributed by atoms with E-state index in [-0.39, 0.29) is 22.2 Å². The van der Waals surface area contributed by atoms with Crippen LogP contribution in [0.15, 0.2) is 30.3 Å². The maximum atomic E-state index is 14.2. The summed E-state index contributed by atoms with van der Waals surface area (Å²) >= 11 is 12.0. The van der Waals surface area contributed by atoms with Crippen molar-refractivity contribution in [2.45, 2.75) is 39.7 Å². The lowest BCUT2D eigenvalue weighted by atomic mass is 9.97. The van der Waals surface area contributed by atoms with Gasteiger partial charge in [-0.05, 0) is 57.5 Å². The van der Waals surface area contributed by atoms with Gasteiger partial charge in [-0.25, -0.2) is 4.39 Å². The SMILES string of the molecule is Cc1c([C@@H](C)C(=O)OC(C)C)c2cc(O)c(F)cc2n1C(=O)c1ccc(Cl)c(Cl)c1. The van der Waals surface area contributed by atoms with Gasteiger partial charge in [0.15, 0.2) is 11.6 Å². The number of fused-ring (bicyclic) bond motifs is 1.